The number of carbonyl (C=O) groups excluding carboxylic acids is 6. The summed E-state index contributed by atoms with van der Waals surface area (Å²) in [6, 6.07) is 17.5. The second-order valence-corrected chi connectivity index (χ2v) is 13.4. The highest BCUT2D eigenvalue weighted by Crippen LogP contribution is 2.04. The Labute approximate surface area is 361 Å². The molecule has 6 amide bonds. The van der Waals surface area contributed by atoms with Gasteiger partial charge < -0.3 is 65.4 Å². The van der Waals surface area contributed by atoms with Crippen molar-refractivity contribution in [2.75, 3.05) is 85.6 Å². The van der Waals surface area contributed by atoms with Crippen LogP contribution < -0.4 is 31.9 Å². The molecular formula is C42H62N6O14. The summed E-state index contributed by atoms with van der Waals surface area (Å²) >= 11 is 0. The Hall–Kier alpha value is -5.83. The first-order chi connectivity index (χ1) is 30.1. The van der Waals surface area contributed by atoms with Crippen LogP contribution in [-0.2, 0) is 65.6 Å². The van der Waals surface area contributed by atoms with E-state index in [1.54, 1.807) is 0 Å². The molecule has 344 valence electrons. The van der Waals surface area contributed by atoms with Gasteiger partial charge in [-0.3, -0.25) is 19.2 Å². The van der Waals surface area contributed by atoms with E-state index >= 15 is 0 Å². The lowest BCUT2D eigenvalue weighted by Crippen LogP contribution is -2.41. The van der Waals surface area contributed by atoms with Crippen LogP contribution in [0.4, 0.5) is 9.59 Å². The molecule has 0 saturated heterocycles. The fraction of sp³-hybridized carbons (Fsp3) is 0.548. The zero-order valence-corrected chi connectivity index (χ0v) is 35.2. The molecule has 0 radical (unpaired) electrons. The maximum atomic E-state index is 12.3. The Morgan fingerprint density at radius 2 is 0.823 bits per heavy atom. The molecule has 0 bridgehead atoms. The lowest BCUT2D eigenvalue weighted by atomic mass is 10.1. The van der Waals surface area contributed by atoms with Gasteiger partial charge in [0.1, 0.15) is 19.3 Å². The minimum atomic E-state index is -1.21. The number of rotatable bonds is 35. The minimum absolute atomic E-state index is 0.0121. The summed E-state index contributed by atoms with van der Waals surface area (Å²) in [5, 5.41) is 25.1. The molecule has 0 fully saturated rings. The highest BCUT2D eigenvalue weighted by atomic mass is 16.6. The molecule has 0 aliphatic heterocycles. The molecule has 20 heteroatoms. The summed E-state index contributed by atoms with van der Waals surface area (Å²) in [4.78, 5) is 83.6. The van der Waals surface area contributed by atoms with Gasteiger partial charge in [0.15, 0.2) is 0 Å². The van der Waals surface area contributed by atoms with Crippen LogP contribution in [0.25, 0.3) is 0 Å². The Morgan fingerprint density at radius 1 is 0.452 bits per heavy atom. The summed E-state index contributed by atoms with van der Waals surface area (Å²) in [5.41, 5.74) is 1.78. The molecule has 2 rings (SSSR count). The normalized spacial score (nSPS) is 11.1. The fourth-order valence-electron chi connectivity index (χ4n) is 5.11. The number of alkyl carbamates (subject to hydrolysis) is 2. The van der Waals surface area contributed by atoms with E-state index < -0.39 is 30.1 Å². The molecule has 1 unspecified atom stereocenters. The summed E-state index contributed by atoms with van der Waals surface area (Å²) in [7, 11) is 0. The molecule has 0 aliphatic carbocycles. The lowest BCUT2D eigenvalue weighted by Gasteiger charge is -2.14. The van der Waals surface area contributed by atoms with Crippen molar-refractivity contribution in [3.63, 3.8) is 0 Å². The van der Waals surface area contributed by atoms with E-state index in [9.17, 15) is 38.7 Å². The van der Waals surface area contributed by atoms with Gasteiger partial charge in [0.2, 0.25) is 23.6 Å². The highest BCUT2D eigenvalue weighted by Gasteiger charge is 2.20. The monoisotopic (exact) mass is 874 g/mol. The van der Waals surface area contributed by atoms with E-state index in [2.05, 4.69) is 31.9 Å². The Kier molecular flexibility index (Phi) is 29.4. The average Bonchev–Trinajstić information content (AvgIpc) is 3.27. The topological polar surface area (TPSA) is 267 Å². The molecule has 1 atom stereocenters. The van der Waals surface area contributed by atoms with Crippen LogP contribution in [0.5, 0.6) is 0 Å². The largest absolute Gasteiger partial charge is 0.480 e. The van der Waals surface area contributed by atoms with Crippen LogP contribution in [0.3, 0.4) is 0 Å². The number of unbranched alkanes of at least 4 members (excludes halogenated alkanes) is 1. The van der Waals surface area contributed by atoms with E-state index in [1.807, 2.05) is 60.7 Å². The number of amides is 6. The molecule has 0 aliphatic rings. The summed E-state index contributed by atoms with van der Waals surface area (Å²) in [6.45, 7) is 3.85. The first-order valence-electron chi connectivity index (χ1n) is 20.6. The summed E-state index contributed by atoms with van der Waals surface area (Å²) < 4.78 is 31.8. The molecule has 20 nitrogen and oxygen atoms in total. The van der Waals surface area contributed by atoms with E-state index in [0.717, 1.165) is 11.1 Å². The van der Waals surface area contributed by atoms with Crippen LogP contribution in [0, 0.1) is 0 Å². The molecular weight excluding hydrogens is 812 g/mol. The third-order valence-electron chi connectivity index (χ3n) is 8.37. The summed E-state index contributed by atoms with van der Waals surface area (Å²) in [5.74, 6) is -2.81. The van der Waals surface area contributed by atoms with Gasteiger partial charge in [-0.2, -0.15) is 0 Å². The fourth-order valence-corrected chi connectivity index (χ4v) is 5.11. The number of nitrogens with one attached hydrogen (secondary N) is 6. The zero-order valence-electron chi connectivity index (χ0n) is 35.2. The first kappa shape index (κ1) is 52.3. The molecule has 0 spiro atoms. The third-order valence-corrected chi connectivity index (χ3v) is 8.37. The van der Waals surface area contributed by atoms with Gasteiger partial charge >= 0.3 is 18.2 Å². The highest BCUT2D eigenvalue weighted by molar-refractivity contribution is 5.87. The zero-order chi connectivity index (χ0) is 44.9. The van der Waals surface area contributed by atoms with Crippen molar-refractivity contribution in [2.24, 2.45) is 0 Å². The molecule has 2 aromatic rings. The Morgan fingerprint density at radius 3 is 1.23 bits per heavy atom. The van der Waals surface area contributed by atoms with Crippen molar-refractivity contribution in [1.82, 2.24) is 31.9 Å². The van der Waals surface area contributed by atoms with E-state index in [0.29, 0.717) is 26.1 Å². The molecule has 0 aromatic heterocycles. The first-order valence-corrected chi connectivity index (χ1v) is 20.6. The third kappa shape index (κ3) is 29.4. The van der Waals surface area contributed by atoms with Gasteiger partial charge in [-0.15, -0.1) is 0 Å². The van der Waals surface area contributed by atoms with Crippen molar-refractivity contribution in [3.05, 3.63) is 71.8 Å². The lowest BCUT2D eigenvalue weighted by molar-refractivity contribution is -0.142. The molecule has 0 saturated carbocycles. The van der Waals surface area contributed by atoms with Crippen LogP contribution in [-0.4, -0.2) is 139 Å². The maximum Gasteiger partial charge on any atom is 0.407 e. The minimum Gasteiger partial charge on any atom is -0.480 e. The summed E-state index contributed by atoms with van der Waals surface area (Å²) in [6.07, 6.45) is -0.451. The number of ether oxygens (including phenoxy) is 6. The van der Waals surface area contributed by atoms with Crippen LogP contribution in [0.15, 0.2) is 60.7 Å². The molecule has 0 heterocycles. The number of carboxylic acid groups (broad SMARTS) is 1. The Balaban J connectivity index is 1.35. The van der Waals surface area contributed by atoms with Gasteiger partial charge in [-0.1, -0.05) is 60.7 Å². The van der Waals surface area contributed by atoms with E-state index in [1.165, 1.54) is 0 Å². The number of hydrogen-bond donors (Lipinski definition) is 7. The number of carboxylic acids is 1. The van der Waals surface area contributed by atoms with E-state index in [4.69, 9.17) is 28.4 Å². The second kappa shape index (κ2) is 34.8. The van der Waals surface area contributed by atoms with Gasteiger partial charge in [-0.05, 0) is 30.4 Å². The average molecular weight is 875 g/mol. The number of benzene rings is 2. The Bertz CT molecular complexity index is 1590. The van der Waals surface area contributed by atoms with Crippen LogP contribution in [0.1, 0.15) is 56.1 Å². The van der Waals surface area contributed by atoms with Crippen molar-refractivity contribution < 1.29 is 67.1 Å². The van der Waals surface area contributed by atoms with Crippen molar-refractivity contribution in [3.8, 4) is 0 Å². The van der Waals surface area contributed by atoms with Crippen LogP contribution in [0.2, 0.25) is 0 Å². The van der Waals surface area contributed by atoms with Gasteiger partial charge in [-0.25, -0.2) is 14.4 Å². The second-order valence-electron chi connectivity index (χ2n) is 13.4. The quantitative estimate of drug-likeness (QED) is 0.0485. The number of aliphatic carboxylic acids is 1. The number of hydrogen-bond acceptors (Lipinski definition) is 13. The predicted octanol–water partition coefficient (Wildman–Crippen LogP) is 1.55. The van der Waals surface area contributed by atoms with Gasteiger partial charge in [0.25, 0.3) is 0 Å². The smallest absolute Gasteiger partial charge is 0.407 e. The van der Waals surface area contributed by atoms with Gasteiger partial charge in [0.05, 0.1) is 52.9 Å². The van der Waals surface area contributed by atoms with Gasteiger partial charge in [0, 0.05) is 58.4 Å². The van der Waals surface area contributed by atoms with Crippen molar-refractivity contribution in [1.29, 1.82) is 0 Å². The number of carbonyl (C=O) groups is 7. The standard InChI is InChI=1S/C42H62N6O14/c49-36(14-15-37(50)44-19-23-57-27-29-59-25-21-46-41(55)61-31-33-9-3-1-4-10-33)43-18-8-7-13-35(40(53)54)48-39(52)17-16-38(51)45-20-24-58-28-30-60-26-22-47-42(56)62-32-34-11-5-2-6-12-34/h1-6,9-12,35H,7-8,13-32H2,(H,43,49)(H,44,50)(H,45,51)(H,46,55)(H,47,56)(H,48,52)(H,53,54). The predicted molar refractivity (Wildman–Crippen MR) is 223 cm³/mol. The molecule has 2 aromatic carbocycles. The molecule has 7 N–H and O–H groups in total. The van der Waals surface area contributed by atoms with E-state index in [-0.39, 0.29) is 135 Å². The van der Waals surface area contributed by atoms with Crippen LogP contribution >= 0.6 is 0 Å². The maximum absolute atomic E-state index is 12.3. The van der Waals surface area contributed by atoms with Crippen molar-refractivity contribution in [2.45, 2.75) is 64.2 Å². The molecule has 62 heavy (non-hydrogen) atoms. The SMILES string of the molecule is O=C(CCC(=O)NCCOCCOCCNC(=O)OCc1ccccc1)NCCCCC(NC(=O)CCC(=O)NCCOCCOCCNC(=O)OCc1ccccc1)C(=O)O. The van der Waals surface area contributed by atoms with Crippen molar-refractivity contribution >= 4 is 41.8 Å².